The van der Waals surface area contributed by atoms with Crippen LogP contribution in [0.15, 0.2) is 12.3 Å². The van der Waals surface area contributed by atoms with Crippen LogP contribution in [0.25, 0.3) is 0 Å². The minimum atomic E-state index is 0.712. The smallest absolute Gasteiger partial charge is 0.0176 e. The van der Waals surface area contributed by atoms with E-state index in [0.717, 1.165) is 13.0 Å². The van der Waals surface area contributed by atoms with Gasteiger partial charge in [0.25, 0.3) is 0 Å². The summed E-state index contributed by atoms with van der Waals surface area (Å²) in [7, 11) is 0. The highest BCUT2D eigenvalue weighted by atomic mass is 16.5. The fourth-order valence-electron chi connectivity index (χ4n) is 0.481. The molecule has 1 N–H and O–H groups in total. The van der Waals surface area contributed by atoms with Gasteiger partial charge in [-0.25, -0.2) is 5.43 Å². The van der Waals surface area contributed by atoms with E-state index in [0.29, 0.717) is 5.17 Å². The molecule has 0 aromatic carbocycles. The zero-order chi connectivity index (χ0) is 5.11. The van der Waals surface area contributed by atoms with Crippen molar-refractivity contribution in [1.29, 1.82) is 0 Å². The van der Waals surface area contributed by atoms with Crippen LogP contribution in [0, 0.1) is 5.21 Å². The van der Waals surface area contributed by atoms with Crippen LogP contribution in [0.3, 0.4) is 0 Å². The van der Waals surface area contributed by atoms with Crippen LogP contribution >= 0.6 is 0 Å². The lowest BCUT2D eigenvalue weighted by Crippen LogP contribution is -2.31. The van der Waals surface area contributed by atoms with Gasteiger partial charge in [0.2, 0.25) is 0 Å². The molecule has 1 aliphatic rings. The number of hydrazine groups is 1. The Bertz CT molecular complexity index is 81.8. The molecule has 0 amide bonds. The highest BCUT2D eigenvalue weighted by Gasteiger charge is 1.87. The molecule has 40 valence electrons. The number of nitrogens with zero attached hydrogens (tertiary/aromatic N) is 1. The van der Waals surface area contributed by atoms with E-state index >= 15 is 0 Å². The lowest BCUT2D eigenvalue weighted by molar-refractivity contribution is 0.354. The third-order valence-corrected chi connectivity index (χ3v) is 0.819. The molecule has 3 nitrogen and oxygen atoms in total. The van der Waals surface area contributed by atoms with Gasteiger partial charge in [0, 0.05) is 6.54 Å². The Kier molecular flexibility index (Phi) is 1.29. The normalized spacial score (nSPS) is 20.4. The average molecular weight is 99.1 g/mol. The Labute approximate surface area is 42.2 Å². The molecule has 0 aromatic heterocycles. The minimum Gasteiger partial charge on any atom is -0.744 e. The summed E-state index contributed by atoms with van der Waals surface area (Å²) >= 11 is 0. The maximum atomic E-state index is 10.2. The molecule has 3 heteroatoms. The lowest BCUT2D eigenvalue weighted by atomic mass is 10.4. The highest BCUT2D eigenvalue weighted by Crippen LogP contribution is 1.90. The molecule has 7 heavy (non-hydrogen) atoms. The summed E-state index contributed by atoms with van der Waals surface area (Å²) < 4.78 is 0. The minimum absolute atomic E-state index is 0.712. The van der Waals surface area contributed by atoms with Crippen molar-refractivity contribution in [2.24, 2.45) is 0 Å². The average Bonchev–Trinajstić information content (AvgIpc) is 1.69. The third kappa shape index (κ3) is 1.17. The number of hydrogen-bond donors (Lipinski definition) is 1. The predicted molar refractivity (Wildman–Crippen MR) is 27.0 cm³/mol. The van der Waals surface area contributed by atoms with Gasteiger partial charge in [-0.1, -0.05) is 6.08 Å². The van der Waals surface area contributed by atoms with Gasteiger partial charge >= 0.3 is 0 Å². The van der Waals surface area contributed by atoms with E-state index in [1.165, 1.54) is 6.20 Å². The van der Waals surface area contributed by atoms with Crippen molar-refractivity contribution >= 4 is 0 Å². The Morgan fingerprint density at radius 1 is 1.71 bits per heavy atom. The van der Waals surface area contributed by atoms with Crippen molar-refractivity contribution in [3.8, 4) is 0 Å². The molecule has 0 aliphatic carbocycles. The van der Waals surface area contributed by atoms with Crippen molar-refractivity contribution in [1.82, 2.24) is 10.6 Å². The molecular weight excluding hydrogens is 92.1 g/mol. The van der Waals surface area contributed by atoms with E-state index < -0.39 is 0 Å². The molecule has 0 aromatic rings. The largest absolute Gasteiger partial charge is 0.744 e. The molecule has 1 heterocycles. The standard InChI is InChI=1S/C4H7N2O/c7-6-4-2-1-3-5-6/h2,4-5H,1,3H2/q-1. The molecule has 0 saturated heterocycles. The highest BCUT2D eigenvalue weighted by molar-refractivity contribution is 4.85. The SMILES string of the molecule is [O-]N1C=CCCN1. The molecule has 0 atom stereocenters. The van der Waals surface area contributed by atoms with Crippen molar-refractivity contribution in [3.05, 3.63) is 17.5 Å². The summed E-state index contributed by atoms with van der Waals surface area (Å²) in [6, 6.07) is 0. The Morgan fingerprint density at radius 3 is 2.86 bits per heavy atom. The van der Waals surface area contributed by atoms with Crippen LogP contribution in [-0.2, 0) is 0 Å². The first-order valence-electron chi connectivity index (χ1n) is 2.26. The molecule has 0 spiro atoms. The Morgan fingerprint density at radius 2 is 2.57 bits per heavy atom. The second kappa shape index (κ2) is 1.95. The van der Waals surface area contributed by atoms with E-state index in [4.69, 9.17) is 0 Å². The second-order valence-corrected chi connectivity index (χ2v) is 1.41. The summed E-state index contributed by atoms with van der Waals surface area (Å²) in [5.74, 6) is 0. The van der Waals surface area contributed by atoms with Crippen molar-refractivity contribution in [2.75, 3.05) is 6.54 Å². The Hall–Kier alpha value is -0.540. The first-order chi connectivity index (χ1) is 3.39. The van der Waals surface area contributed by atoms with Crippen molar-refractivity contribution in [3.63, 3.8) is 0 Å². The van der Waals surface area contributed by atoms with E-state index in [1.807, 2.05) is 6.08 Å². The summed E-state index contributed by atoms with van der Waals surface area (Å²) in [6.45, 7) is 0.764. The van der Waals surface area contributed by atoms with Crippen LogP contribution in [0.2, 0.25) is 0 Å². The zero-order valence-corrected chi connectivity index (χ0v) is 3.92. The quantitative estimate of drug-likeness (QED) is 0.471. The number of nitrogens with one attached hydrogen (secondary N) is 1. The molecule has 0 unspecified atom stereocenters. The fourth-order valence-corrected chi connectivity index (χ4v) is 0.481. The number of rotatable bonds is 0. The van der Waals surface area contributed by atoms with Gasteiger partial charge in [0.05, 0.1) is 0 Å². The fraction of sp³-hybridized carbons (Fsp3) is 0.500. The molecular formula is C4H7N2O-. The van der Waals surface area contributed by atoms with E-state index in [-0.39, 0.29) is 0 Å². The third-order valence-electron chi connectivity index (χ3n) is 0.819. The van der Waals surface area contributed by atoms with Gasteiger partial charge in [0.1, 0.15) is 0 Å². The monoisotopic (exact) mass is 99.1 g/mol. The van der Waals surface area contributed by atoms with Gasteiger partial charge in [-0.2, -0.15) is 0 Å². The molecule has 1 aliphatic heterocycles. The molecule has 0 radical (unpaired) electrons. The summed E-state index contributed by atoms with van der Waals surface area (Å²) in [5.41, 5.74) is 2.57. The maximum Gasteiger partial charge on any atom is 0.0176 e. The summed E-state index contributed by atoms with van der Waals surface area (Å²) in [4.78, 5) is 0. The van der Waals surface area contributed by atoms with Crippen LogP contribution < -0.4 is 5.43 Å². The van der Waals surface area contributed by atoms with Gasteiger partial charge < -0.3 is 10.4 Å². The van der Waals surface area contributed by atoms with Gasteiger partial charge in [-0.05, 0) is 12.6 Å². The maximum absolute atomic E-state index is 10.2. The van der Waals surface area contributed by atoms with Crippen LogP contribution in [0.5, 0.6) is 0 Å². The van der Waals surface area contributed by atoms with Gasteiger partial charge in [-0.15, -0.1) is 0 Å². The van der Waals surface area contributed by atoms with Crippen LogP contribution in [-0.4, -0.2) is 11.7 Å². The number of hydroxylamine groups is 1. The number of hydrogen-bond acceptors (Lipinski definition) is 3. The zero-order valence-electron chi connectivity index (χ0n) is 3.92. The molecule has 0 bridgehead atoms. The van der Waals surface area contributed by atoms with Crippen LogP contribution in [0.4, 0.5) is 0 Å². The van der Waals surface area contributed by atoms with Gasteiger partial charge in [-0.3, -0.25) is 0 Å². The molecule has 0 fully saturated rings. The predicted octanol–water partition coefficient (Wildman–Crippen LogP) is 0.208. The van der Waals surface area contributed by atoms with E-state index in [2.05, 4.69) is 5.43 Å². The first kappa shape index (κ1) is 4.61. The van der Waals surface area contributed by atoms with Crippen molar-refractivity contribution < 1.29 is 0 Å². The van der Waals surface area contributed by atoms with E-state index in [1.54, 1.807) is 0 Å². The van der Waals surface area contributed by atoms with Gasteiger partial charge in [0.15, 0.2) is 0 Å². The topological polar surface area (TPSA) is 38.3 Å². The second-order valence-electron chi connectivity index (χ2n) is 1.41. The van der Waals surface area contributed by atoms with Crippen molar-refractivity contribution in [2.45, 2.75) is 6.42 Å². The van der Waals surface area contributed by atoms with E-state index in [9.17, 15) is 5.21 Å². The van der Waals surface area contributed by atoms with Crippen LogP contribution in [0.1, 0.15) is 6.42 Å². The summed E-state index contributed by atoms with van der Waals surface area (Å²) in [5, 5.41) is 10.9. The molecule has 1 rings (SSSR count). The summed E-state index contributed by atoms with van der Waals surface area (Å²) in [6.07, 6.45) is 4.27. The Balaban J connectivity index is 2.36. The lowest BCUT2D eigenvalue weighted by Gasteiger charge is -2.29. The molecule has 0 saturated carbocycles. The first-order valence-corrected chi connectivity index (χ1v) is 2.26.